The number of nitrogens with zero attached hydrogens (tertiary/aromatic N) is 2. The summed E-state index contributed by atoms with van der Waals surface area (Å²) < 4.78 is 1.81. The number of aryl methyl sites for hydroxylation is 1. The van der Waals surface area contributed by atoms with Crippen LogP contribution in [0.1, 0.15) is 37.1 Å². The van der Waals surface area contributed by atoms with Crippen molar-refractivity contribution in [3.05, 3.63) is 51.6 Å². The Morgan fingerprint density at radius 3 is 2.62 bits per heavy atom. The Kier molecular flexibility index (Phi) is 4.15. The molecule has 1 aromatic carbocycles. The molecule has 0 atom stereocenters. The molecule has 0 radical (unpaired) electrons. The van der Waals surface area contributed by atoms with Crippen LogP contribution in [0.25, 0.3) is 5.69 Å². The fraction of sp³-hybridized carbons (Fsp3) is 0.412. The molecular weight excluding hydrogens is 280 g/mol. The lowest BCUT2D eigenvalue weighted by molar-refractivity contribution is 0.802. The SMILES string of the molecule is CCSc1nc(=O)n(-c2ccc(CC)cc2)c2c1CCC2. The lowest BCUT2D eigenvalue weighted by Crippen LogP contribution is -2.25. The highest BCUT2D eigenvalue weighted by molar-refractivity contribution is 7.99. The number of hydrogen-bond acceptors (Lipinski definition) is 3. The molecule has 21 heavy (non-hydrogen) atoms. The summed E-state index contributed by atoms with van der Waals surface area (Å²) in [4.78, 5) is 16.8. The average Bonchev–Trinajstić information content (AvgIpc) is 2.97. The van der Waals surface area contributed by atoms with Gasteiger partial charge in [0.05, 0.1) is 5.69 Å². The summed E-state index contributed by atoms with van der Waals surface area (Å²) in [5.74, 6) is 0.952. The first kappa shape index (κ1) is 14.4. The fourth-order valence-electron chi connectivity index (χ4n) is 2.93. The largest absolute Gasteiger partial charge is 0.353 e. The van der Waals surface area contributed by atoms with Gasteiger partial charge in [0.2, 0.25) is 0 Å². The van der Waals surface area contributed by atoms with Crippen molar-refractivity contribution in [1.29, 1.82) is 0 Å². The topological polar surface area (TPSA) is 34.9 Å². The number of aromatic nitrogens is 2. The molecule has 1 aliphatic rings. The Labute approximate surface area is 129 Å². The summed E-state index contributed by atoms with van der Waals surface area (Å²) in [6, 6.07) is 8.26. The van der Waals surface area contributed by atoms with Gasteiger partial charge in [-0.1, -0.05) is 26.0 Å². The molecule has 0 amide bonds. The van der Waals surface area contributed by atoms with Gasteiger partial charge >= 0.3 is 5.69 Å². The lowest BCUT2D eigenvalue weighted by atomic mass is 10.1. The van der Waals surface area contributed by atoms with E-state index >= 15 is 0 Å². The number of benzene rings is 1. The molecule has 0 saturated carbocycles. The molecule has 3 nitrogen and oxygen atoms in total. The zero-order valence-corrected chi connectivity index (χ0v) is 13.4. The van der Waals surface area contributed by atoms with Gasteiger partial charge in [-0.15, -0.1) is 11.8 Å². The van der Waals surface area contributed by atoms with Crippen molar-refractivity contribution in [2.24, 2.45) is 0 Å². The predicted molar refractivity (Wildman–Crippen MR) is 87.6 cm³/mol. The monoisotopic (exact) mass is 300 g/mol. The molecule has 3 rings (SSSR count). The fourth-order valence-corrected chi connectivity index (χ4v) is 3.74. The van der Waals surface area contributed by atoms with Gasteiger partial charge in [-0.2, -0.15) is 4.98 Å². The van der Waals surface area contributed by atoms with Gasteiger partial charge in [0, 0.05) is 11.3 Å². The molecule has 1 heterocycles. The van der Waals surface area contributed by atoms with Crippen molar-refractivity contribution in [1.82, 2.24) is 9.55 Å². The molecule has 0 saturated heterocycles. The minimum Gasteiger partial charge on any atom is -0.265 e. The van der Waals surface area contributed by atoms with Crippen LogP contribution in [0.2, 0.25) is 0 Å². The van der Waals surface area contributed by atoms with Crippen molar-refractivity contribution in [2.75, 3.05) is 5.75 Å². The van der Waals surface area contributed by atoms with Crippen LogP contribution in [0, 0.1) is 0 Å². The predicted octanol–water partition coefficient (Wildman–Crippen LogP) is 3.40. The highest BCUT2D eigenvalue weighted by Gasteiger charge is 2.22. The normalized spacial score (nSPS) is 13.4. The second-order valence-corrected chi connectivity index (χ2v) is 6.52. The Morgan fingerprint density at radius 1 is 1.19 bits per heavy atom. The zero-order chi connectivity index (χ0) is 14.8. The van der Waals surface area contributed by atoms with E-state index in [1.54, 1.807) is 11.8 Å². The minimum absolute atomic E-state index is 0.143. The Balaban J connectivity index is 2.14. The van der Waals surface area contributed by atoms with E-state index in [1.165, 1.54) is 11.1 Å². The van der Waals surface area contributed by atoms with E-state index in [0.29, 0.717) is 0 Å². The van der Waals surface area contributed by atoms with Gasteiger partial charge < -0.3 is 0 Å². The molecule has 4 heteroatoms. The molecule has 0 fully saturated rings. The summed E-state index contributed by atoms with van der Waals surface area (Å²) in [7, 11) is 0. The van der Waals surface area contributed by atoms with Crippen molar-refractivity contribution >= 4 is 11.8 Å². The molecule has 0 aliphatic heterocycles. The number of hydrogen-bond donors (Lipinski definition) is 0. The highest BCUT2D eigenvalue weighted by atomic mass is 32.2. The summed E-state index contributed by atoms with van der Waals surface area (Å²) >= 11 is 1.68. The third kappa shape index (κ3) is 2.64. The Hall–Kier alpha value is -1.55. The average molecular weight is 300 g/mol. The van der Waals surface area contributed by atoms with Gasteiger partial charge in [-0.25, -0.2) is 4.79 Å². The third-order valence-corrected chi connectivity index (χ3v) is 4.89. The van der Waals surface area contributed by atoms with Crippen LogP contribution in [0.15, 0.2) is 34.1 Å². The number of fused-ring (bicyclic) bond motifs is 1. The molecule has 1 aromatic heterocycles. The summed E-state index contributed by atoms with van der Waals surface area (Å²) in [6.45, 7) is 4.24. The van der Waals surface area contributed by atoms with E-state index < -0.39 is 0 Å². The smallest absolute Gasteiger partial charge is 0.265 e. The van der Waals surface area contributed by atoms with E-state index in [2.05, 4.69) is 31.0 Å². The first-order chi connectivity index (χ1) is 10.2. The van der Waals surface area contributed by atoms with Crippen molar-refractivity contribution in [2.45, 2.75) is 44.6 Å². The molecule has 0 N–H and O–H groups in total. The summed E-state index contributed by atoms with van der Waals surface area (Å²) in [5, 5.41) is 0.941. The standard InChI is InChI=1S/C17H20N2OS/c1-3-12-8-10-13(11-9-12)19-15-7-5-6-14(15)16(21-4-2)18-17(19)20/h8-11H,3-7H2,1-2H3. The molecular formula is C17H20N2OS. The van der Waals surface area contributed by atoms with E-state index in [4.69, 9.17) is 0 Å². The first-order valence-corrected chi connectivity index (χ1v) is 8.60. The molecule has 0 unspecified atom stereocenters. The minimum atomic E-state index is -0.143. The molecule has 2 aromatic rings. The van der Waals surface area contributed by atoms with Crippen LogP contribution in [-0.4, -0.2) is 15.3 Å². The first-order valence-electron chi connectivity index (χ1n) is 7.61. The van der Waals surface area contributed by atoms with E-state index in [-0.39, 0.29) is 5.69 Å². The van der Waals surface area contributed by atoms with Crippen molar-refractivity contribution in [3.8, 4) is 5.69 Å². The molecule has 0 spiro atoms. The van der Waals surface area contributed by atoms with Gasteiger partial charge in [-0.05, 0) is 49.1 Å². The molecule has 1 aliphatic carbocycles. The summed E-state index contributed by atoms with van der Waals surface area (Å²) in [6.07, 6.45) is 4.14. The van der Waals surface area contributed by atoms with Gasteiger partial charge in [-0.3, -0.25) is 4.57 Å². The third-order valence-electron chi connectivity index (χ3n) is 3.99. The van der Waals surface area contributed by atoms with Crippen LogP contribution in [-0.2, 0) is 19.3 Å². The highest BCUT2D eigenvalue weighted by Crippen LogP contribution is 2.30. The van der Waals surface area contributed by atoms with Crippen LogP contribution in [0.4, 0.5) is 0 Å². The van der Waals surface area contributed by atoms with Gasteiger partial charge in [0.25, 0.3) is 0 Å². The lowest BCUT2D eigenvalue weighted by Gasteiger charge is -2.14. The van der Waals surface area contributed by atoms with Gasteiger partial charge in [0.15, 0.2) is 0 Å². The van der Waals surface area contributed by atoms with Crippen LogP contribution < -0.4 is 5.69 Å². The molecule has 110 valence electrons. The quantitative estimate of drug-likeness (QED) is 0.641. The van der Waals surface area contributed by atoms with Crippen LogP contribution in [0.3, 0.4) is 0 Å². The Morgan fingerprint density at radius 2 is 1.95 bits per heavy atom. The maximum absolute atomic E-state index is 12.5. The van der Waals surface area contributed by atoms with Crippen molar-refractivity contribution < 1.29 is 0 Å². The Bertz CT molecular complexity index is 704. The second kappa shape index (κ2) is 6.06. The van der Waals surface area contributed by atoms with Crippen LogP contribution in [0.5, 0.6) is 0 Å². The zero-order valence-electron chi connectivity index (χ0n) is 12.6. The van der Waals surface area contributed by atoms with E-state index in [1.807, 2.05) is 16.7 Å². The van der Waals surface area contributed by atoms with E-state index in [9.17, 15) is 4.79 Å². The van der Waals surface area contributed by atoms with Crippen molar-refractivity contribution in [3.63, 3.8) is 0 Å². The summed E-state index contributed by atoms with van der Waals surface area (Å²) in [5.41, 5.74) is 4.53. The number of rotatable bonds is 4. The number of thioether (sulfide) groups is 1. The maximum atomic E-state index is 12.5. The van der Waals surface area contributed by atoms with Crippen LogP contribution >= 0.6 is 11.8 Å². The molecule has 0 bridgehead atoms. The maximum Gasteiger partial charge on any atom is 0.353 e. The second-order valence-electron chi connectivity index (χ2n) is 5.27. The van der Waals surface area contributed by atoms with E-state index in [0.717, 1.165) is 47.8 Å². The van der Waals surface area contributed by atoms with Gasteiger partial charge in [0.1, 0.15) is 5.03 Å².